The monoisotopic (exact) mass is 453 g/mol. The van der Waals surface area contributed by atoms with E-state index in [0.717, 1.165) is 51.1 Å². The maximum absolute atomic E-state index is 11.6. The first-order valence-corrected chi connectivity index (χ1v) is 12.3. The number of hydrogen-bond acceptors (Lipinski definition) is 5. The van der Waals surface area contributed by atoms with Crippen molar-refractivity contribution in [2.75, 3.05) is 39.3 Å². The Bertz CT molecular complexity index is 770. The fourth-order valence-corrected chi connectivity index (χ4v) is 5.23. The molecule has 9 heteroatoms. The third-order valence-corrected chi connectivity index (χ3v) is 7.18. The summed E-state index contributed by atoms with van der Waals surface area (Å²) in [5.41, 5.74) is 2.67. The highest BCUT2D eigenvalue weighted by molar-refractivity contribution is 7.76. The molecule has 0 saturated carbocycles. The van der Waals surface area contributed by atoms with Gasteiger partial charge in [0.05, 0.1) is 13.0 Å². The summed E-state index contributed by atoms with van der Waals surface area (Å²) in [7, 11) is 0. The molecule has 1 aromatic carbocycles. The van der Waals surface area contributed by atoms with Crippen LogP contribution in [0.5, 0.6) is 5.75 Å². The van der Waals surface area contributed by atoms with E-state index >= 15 is 0 Å². The molecular formula is C22H35N3O5S. The Balaban J connectivity index is 1.49. The van der Waals surface area contributed by atoms with Crippen molar-refractivity contribution < 1.29 is 23.4 Å². The zero-order valence-electron chi connectivity index (χ0n) is 18.5. The number of carbonyl (C=O) groups is 1. The Morgan fingerprint density at radius 2 is 2.10 bits per heavy atom. The van der Waals surface area contributed by atoms with Crippen LogP contribution in [0.1, 0.15) is 44.2 Å². The number of aliphatic carboxylic acids is 1. The second-order valence-electron chi connectivity index (χ2n) is 8.53. The zero-order chi connectivity index (χ0) is 22.4. The van der Waals surface area contributed by atoms with Crippen LogP contribution in [0.3, 0.4) is 0 Å². The summed E-state index contributed by atoms with van der Waals surface area (Å²) < 4.78 is 28.1. The fourth-order valence-electron chi connectivity index (χ4n) is 4.62. The Labute approximate surface area is 187 Å². The molecule has 2 N–H and O–H groups in total. The van der Waals surface area contributed by atoms with Gasteiger partial charge < -0.3 is 14.7 Å². The van der Waals surface area contributed by atoms with Crippen LogP contribution in [0.4, 0.5) is 0 Å². The van der Waals surface area contributed by atoms with Crippen molar-refractivity contribution in [2.24, 2.45) is 5.92 Å². The van der Waals surface area contributed by atoms with Crippen LogP contribution in [0.2, 0.25) is 0 Å². The predicted octanol–water partition coefficient (Wildman–Crippen LogP) is 2.41. The maximum atomic E-state index is 11.6. The molecule has 0 spiro atoms. The summed E-state index contributed by atoms with van der Waals surface area (Å²) >= 11 is -2.19. The highest BCUT2D eigenvalue weighted by Crippen LogP contribution is 2.27. The lowest BCUT2D eigenvalue weighted by atomic mass is 9.95. The molecule has 2 atom stereocenters. The standard InChI is InChI=1S/C22H35N3O5S/c1-3-23(17(2)14-19-4-5-21-20(15-19)9-13-30-21)16-18-6-10-24(11-7-18)25(31(28)29)12-8-22(26)27/h4-5,15,17-18H,3,6-14,16H2,1-2H3,(H,26,27)(H,28,29). The molecule has 0 radical (unpaired) electrons. The number of nitrogens with zero attached hydrogens (tertiary/aromatic N) is 3. The van der Waals surface area contributed by atoms with Crippen molar-refractivity contribution in [3.63, 3.8) is 0 Å². The number of carboxylic acids is 1. The van der Waals surface area contributed by atoms with E-state index in [0.29, 0.717) is 25.0 Å². The average Bonchev–Trinajstić information content (AvgIpc) is 3.20. The molecule has 1 aromatic rings. The Morgan fingerprint density at radius 1 is 1.35 bits per heavy atom. The van der Waals surface area contributed by atoms with Crippen molar-refractivity contribution in [1.29, 1.82) is 0 Å². The molecule has 2 aliphatic heterocycles. The first-order valence-electron chi connectivity index (χ1n) is 11.2. The molecule has 1 fully saturated rings. The number of hydrogen-bond donors (Lipinski definition) is 2. The summed E-state index contributed by atoms with van der Waals surface area (Å²) in [5.74, 6) is 0.589. The lowest BCUT2D eigenvalue weighted by Crippen LogP contribution is -2.50. The minimum atomic E-state index is -2.19. The highest BCUT2D eigenvalue weighted by Gasteiger charge is 2.28. The van der Waals surface area contributed by atoms with Gasteiger partial charge in [0.25, 0.3) is 0 Å². The predicted molar refractivity (Wildman–Crippen MR) is 120 cm³/mol. The Morgan fingerprint density at radius 3 is 2.74 bits per heavy atom. The number of benzene rings is 1. The van der Waals surface area contributed by atoms with Crippen LogP contribution in [0.25, 0.3) is 0 Å². The van der Waals surface area contributed by atoms with Gasteiger partial charge in [-0.15, -0.1) is 4.41 Å². The van der Waals surface area contributed by atoms with Crippen LogP contribution >= 0.6 is 0 Å². The quantitative estimate of drug-likeness (QED) is 0.497. The second kappa shape index (κ2) is 11.4. The smallest absolute Gasteiger partial charge is 0.304 e. The molecular weight excluding hydrogens is 418 g/mol. The highest BCUT2D eigenvalue weighted by atomic mass is 32.2. The van der Waals surface area contributed by atoms with Crippen LogP contribution in [-0.4, -0.2) is 79.5 Å². The second-order valence-corrected chi connectivity index (χ2v) is 9.41. The molecule has 0 aliphatic carbocycles. The van der Waals surface area contributed by atoms with Crippen molar-refractivity contribution in [3.05, 3.63) is 29.3 Å². The molecule has 2 heterocycles. The van der Waals surface area contributed by atoms with E-state index in [1.807, 2.05) is 5.01 Å². The normalized spacial score (nSPS) is 19.4. The number of ether oxygens (including phenoxy) is 1. The molecule has 0 aromatic heterocycles. The van der Waals surface area contributed by atoms with Gasteiger partial charge in [0, 0.05) is 38.6 Å². The van der Waals surface area contributed by atoms with Gasteiger partial charge in [0.15, 0.2) is 0 Å². The Kier molecular flexibility index (Phi) is 8.85. The topological polar surface area (TPSA) is 93.6 Å². The molecule has 0 amide bonds. The van der Waals surface area contributed by atoms with Gasteiger partial charge in [-0.1, -0.05) is 19.1 Å². The average molecular weight is 454 g/mol. The number of fused-ring (bicyclic) bond motifs is 1. The van der Waals surface area contributed by atoms with Gasteiger partial charge in [-0.05, 0) is 55.8 Å². The van der Waals surface area contributed by atoms with Crippen LogP contribution in [0.15, 0.2) is 18.2 Å². The van der Waals surface area contributed by atoms with Crippen molar-refractivity contribution >= 4 is 17.2 Å². The third-order valence-electron chi connectivity index (χ3n) is 6.41. The van der Waals surface area contributed by atoms with Gasteiger partial charge in [0.2, 0.25) is 11.3 Å². The minimum absolute atomic E-state index is 0.0487. The zero-order valence-corrected chi connectivity index (χ0v) is 19.4. The van der Waals surface area contributed by atoms with E-state index in [1.165, 1.54) is 15.5 Å². The van der Waals surface area contributed by atoms with Crippen molar-refractivity contribution in [3.8, 4) is 5.75 Å². The number of rotatable bonds is 11. The summed E-state index contributed by atoms with van der Waals surface area (Å²) in [5, 5.41) is 10.7. The van der Waals surface area contributed by atoms with E-state index < -0.39 is 17.2 Å². The number of piperidine rings is 1. The number of carboxylic acid groups (broad SMARTS) is 1. The molecule has 1 saturated heterocycles. The van der Waals surface area contributed by atoms with Crippen molar-refractivity contribution in [2.45, 2.75) is 52.0 Å². The summed E-state index contributed by atoms with van der Waals surface area (Å²) in [6.07, 6.45) is 3.71. The molecule has 31 heavy (non-hydrogen) atoms. The molecule has 174 valence electrons. The molecule has 3 rings (SSSR count). The molecule has 2 aliphatic rings. The minimum Gasteiger partial charge on any atom is -0.493 e. The SMILES string of the molecule is CCN(CC1CCN(N(CCC(=O)O)S(=O)O)CC1)C(C)Cc1ccc2c(c1)CCO2. The van der Waals surface area contributed by atoms with Crippen LogP contribution in [0, 0.1) is 5.92 Å². The summed E-state index contributed by atoms with van der Waals surface area (Å²) in [4.78, 5) is 13.4. The van der Waals surface area contributed by atoms with Gasteiger partial charge in [-0.2, -0.15) is 0 Å². The van der Waals surface area contributed by atoms with E-state index in [9.17, 15) is 13.6 Å². The number of hydrazine groups is 1. The van der Waals surface area contributed by atoms with E-state index in [4.69, 9.17) is 9.84 Å². The van der Waals surface area contributed by atoms with Gasteiger partial charge >= 0.3 is 5.97 Å². The van der Waals surface area contributed by atoms with E-state index in [-0.39, 0.29) is 13.0 Å². The van der Waals surface area contributed by atoms with E-state index in [1.54, 1.807) is 0 Å². The van der Waals surface area contributed by atoms with Crippen LogP contribution in [-0.2, 0) is 28.9 Å². The first-order chi connectivity index (χ1) is 14.9. The van der Waals surface area contributed by atoms with Crippen LogP contribution < -0.4 is 4.74 Å². The largest absolute Gasteiger partial charge is 0.493 e. The fraction of sp³-hybridized carbons (Fsp3) is 0.682. The Hall–Kier alpha value is -1.52. The van der Waals surface area contributed by atoms with Gasteiger partial charge in [0.1, 0.15) is 5.75 Å². The molecule has 0 bridgehead atoms. The first kappa shape index (κ1) is 24.1. The lowest BCUT2D eigenvalue weighted by molar-refractivity contribution is -0.137. The van der Waals surface area contributed by atoms with Crippen molar-refractivity contribution in [1.82, 2.24) is 14.3 Å². The lowest BCUT2D eigenvalue weighted by Gasteiger charge is -2.39. The van der Waals surface area contributed by atoms with E-state index in [2.05, 4.69) is 36.9 Å². The third kappa shape index (κ3) is 6.73. The van der Waals surface area contributed by atoms with Gasteiger partial charge in [-0.25, -0.2) is 9.22 Å². The molecule has 8 nitrogen and oxygen atoms in total. The number of likely N-dealkylation sites (N-methyl/N-ethyl adjacent to an activating group) is 1. The maximum Gasteiger partial charge on any atom is 0.304 e. The summed E-state index contributed by atoms with van der Waals surface area (Å²) in [6.45, 7) is 8.66. The molecule has 2 unspecified atom stereocenters. The van der Waals surface area contributed by atoms with Gasteiger partial charge in [-0.3, -0.25) is 9.35 Å². The summed E-state index contributed by atoms with van der Waals surface area (Å²) in [6, 6.07) is 6.98.